The molecular formula is C7H8ClFN2O. The van der Waals surface area contributed by atoms with Crippen molar-refractivity contribution >= 4 is 11.6 Å². The van der Waals surface area contributed by atoms with Crippen LogP contribution in [0.1, 0.15) is 11.7 Å². The fourth-order valence-corrected chi connectivity index (χ4v) is 0.982. The number of rotatable bonds is 2. The molecule has 66 valence electrons. The van der Waals surface area contributed by atoms with Gasteiger partial charge in [-0.15, -0.1) is 0 Å². The zero-order valence-electron chi connectivity index (χ0n) is 6.17. The molecule has 1 rings (SSSR count). The Hall–Kier alpha value is -0.710. The van der Waals surface area contributed by atoms with E-state index in [2.05, 4.69) is 4.98 Å². The van der Waals surface area contributed by atoms with E-state index in [0.717, 1.165) is 0 Å². The minimum atomic E-state index is -1.02. The van der Waals surface area contributed by atoms with Crippen LogP contribution in [0.25, 0.3) is 0 Å². The van der Waals surface area contributed by atoms with Gasteiger partial charge in [-0.2, -0.15) is 0 Å². The number of aliphatic hydroxyl groups excluding tert-OH is 1. The highest BCUT2D eigenvalue weighted by Gasteiger charge is 2.13. The summed E-state index contributed by atoms with van der Waals surface area (Å²) in [6, 6.07) is 1.35. The van der Waals surface area contributed by atoms with E-state index in [1.54, 1.807) is 0 Å². The normalized spacial score (nSPS) is 13.0. The third-order valence-electron chi connectivity index (χ3n) is 1.46. The maximum atomic E-state index is 13.0. The lowest BCUT2D eigenvalue weighted by Crippen LogP contribution is -2.13. The number of hydrogen-bond donors (Lipinski definition) is 2. The van der Waals surface area contributed by atoms with E-state index in [-0.39, 0.29) is 17.3 Å². The molecule has 0 saturated carbocycles. The van der Waals surface area contributed by atoms with Crippen LogP contribution in [0.15, 0.2) is 12.3 Å². The van der Waals surface area contributed by atoms with E-state index in [0.29, 0.717) is 0 Å². The number of halogens is 2. The maximum absolute atomic E-state index is 13.0. The van der Waals surface area contributed by atoms with Crippen molar-refractivity contribution in [3.8, 4) is 0 Å². The van der Waals surface area contributed by atoms with Gasteiger partial charge < -0.3 is 10.8 Å². The molecule has 0 saturated heterocycles. The van der Waals surface area contributed by atoms with Crippen LogP contribution in [0.3, 0.4) is 0 Å². The average molecular weight is 191 g/mol. The van der Waals surface area contributed by atoms with Gasteiger partial charge in [0.05, 0.1) is 6.10 Å². The van der Waals surface area contributed by atoms with Crippen molar-refractivity contribution in [2.45, 2.75) is 6.10 Å². The van der Waals surface area contributed by atoms with Gasteiger partial charge in [-0.05, 0) is 6.07 Å². The number of nitrogens with two attached hydrogens (primary N) is 1. The largest absolute Gasteiger partial charge is 0.387 e. The standard InChI is InChI=1S/C7H8ClFN2O/c8-7-6(9)4(1-2-11-7)5(12)3-10/h1-2,5,12H,3,10H2. The Morgan fingerprint density at radius 3 is 3.00 bits per heavy atom. The summed E-state index contributed by atoms with van der Waals surface area (Å²) in [4.78, 5) is 3.49. The molecule has 1 unspecified atom stereocenters. The van der Waals surface area contributed by atoms with E-state index < -0.39 is 11.9 Å². The first-order valence-electron chi connectivity index (χ1n) is 3.35. The Balaban J connectivity index is 3.07. The second-order valence-corrected chi connectivity index (χ2v) is 2.61. The van der Waals surface area contributed by atoms with Gasteiger partial charge in [-0.3, -0.25) is 0 Å². The van der Waals surface area contributed by atoms with Gasteiger partial charge in [-0.25, -0.2) is 9.37 Å². The predicted octanol–water partition coefficient (Wildman–Crippen LogP) is 0.866. The molecule has 0 radical (unpaired) electrons. The Labute approximate surface area is 74.0 Å². The average Bonchev–Trinajstić information content (AvgIpc) is 2.08. The first-order chi connectivity index (χ1) is 5.66. The fraction of sp³-hybridized carbons (Fsp3) is 0.286. The summed E-state index contributed by atoms with van der Waals surface area (Å²) in [7, 11) is 0. The summed E-state index contributed by atoms with van der Waals surface area (Å²) in [5.74, 6) is -0.711. The number of aliphatic hydroxyl groups is 1. The highest BCUT2D eigenvalue weighted by molar-refractivity contribution is 6.29. The minimum Gasteiger partial charge on any atom is -0.387 e. The number of nitrogens with zero attached hydrogens (tertiary/aromatic N) is 1. The molecule has 0 aliphatic heterocycles. The summed E-state index contributed by atoms with van der Waals surface area (Å²) in [5, 5.41) is 8.93. The molecule has 0 aliphatic rings. The molecule has 0 bridgehead atoms. The van der Waals surface area contributed by atoms with Crippen LogP contribution in [0.5, 0.6) is 0 Å². The van der Waals surface area contributed by atoms with Crippen molar-refractivity contribution in [3.05, 3.63) is 28.8 Å². The van der Waals surface area contributed by atoms with Gasteiger partial charge >= 0.3 is 0 Å². The first-order valence-corrected chi connectivity index (χ1v) is 3.72. The lowest BCUT2D eigenvalue weighted by molar-refractivity contribution is 0.181. The summed E-state index contributed by atoms with van der Waals surface area (Å²) in [6.45, 7) is -0.0444. The van der Waals surface area contributed by atoms with Crippen molar-refractivity contribution in [1.29, 1.82) is 0 Å². The molecule has 0 amide bonds. The van der Waals surface area contributed by atoms with E-state index in [4.69, 9.17) is 17.3 Å². The highest BCUT2D eigenvalue weighted by Crippen LogP contribution is 2.20. The molecule has 12 heavy (non-hydrogen) atoms. The molecule has 1 aromatic rings. The Kier molecular flexibility index (Phi) is 2.97. The molecule has 0 fully saturated rings. The van der Waals surface area contributed by atoms with Gasteiger partial charge in [0, 0.05) is 18.3 Å². The van der Waals surface area contributed by atoms with Crippen molar-refractivity contribution in [2.24, 2.45) is 5.73 Å². The second-order valence-electron chi connectivity index (χ2n) is 2.26. The molecule has 1 heterocycles. The SMILES string of the molecule is NCC(O)c1ccnc(Cl)c1F. The maximum Gasteiger partial charge on any atom is 0.166 e. The smallest absolute Gasteiger partial charge is 0.166 e. The molecular weight excluding hydrogens is 183 g/mol. The molecule has 1 aromatic heterocycles. The van der Waals surface area contributed by atoms with E-state index in [1.165, 1.54) is 12.3 Å². The highest BCUT2D eigenvalue weighted by atomic mass is 35.5. The Morgan fingerprint density at radius 2 is 2.42 bits per heavy atom. The number of hydrogen-bond acceptors (Lipinski definition) is 3. The van der Waals surface area contributed by atoms with Gasteiger partial charge in [0.2, 0.25) is 0 Å². The van der Waals surface area contributed by atoms with Crippen molar-refractivity contribution < 1.29 is 9.50 Å². The van der Waals surface area contributed by atoms with E-state index in [9.17, 15) is 9.50 Å². The molecule has 1 atom stereocenters. The predicted molar refractivity (Wildman–Crippen MR) is 43.2 cm³/mol. The van der Waals surface area contributed by atoms with Gasteiger partial charge in [0.25, 0.3) is 0 Å². The van der Waals surface area contributed by atoms with Crippen LogP contribution in [-0.4, -0.2) is 16.6 Å². The Morgan fingerprint density at radius 1 is 1.75 bits per heavy atom. The number of pyridine rings is 1. The van der Waals surface area contributed by atoms with Crippen molar-refractivity contribution in [1.82, 2.24) is 4.98 Å². The van der Waals surface area contributed by atoms with Crippen molar-refractivity contribution in [3.63, 3.8) is 0 Å². The summed E-state index contributed by atoms with van der Waals surface area (Å²) in [5.41, 5.74) is 5.22. The molecule has 3 N–H and O–H groups in total. The molecule has 0 aromatic carbocycles. The van der Waals surface area contributed by atoms with E-state index >= 15 is 0 Å². The van der Waals surface area contributed by atoms with E-state index in [1.807, 2.05) is 0 Å². The van der Waals surface area contributed by atoms with Crippen LogP contribution < -0.4 is 5.73 Å². The summed E-state index contributed by atoms with van der Waals surface area (Å²) < 4.78 is 13.0. The van der Waals surface area contributed by atoms with Crippen LogP contribution in [0, 0.1) is 5.82 Å². The fourth-order valence-electron chi connectivity index (χ4n) is 0.816. The van der Waals surface area contributed by atoms with Gasteiger partial charge in [-0.1, -0.05) is 11.6 Å². The zero-order valence-corrected chi connectivity index (χ0v) is 6.92. The topological polar surface area (TPSA) is 59.1 Å². The third-order valence-corrected chi connectivity index (χ3v) is 1.72. The molecule has 0 aliphatic carbocycles. The minimum absolute atomic E-state index is 0.0444. The Bertz CT molecular complexity index is 282. The summed E-state index contributed by atoms with van der Waals surface area (Å²) >= 11 is 5.38. The first kappa shape index (κ1) is 9.38. The molecule has 5 heteroatoms. The van der Waals surface area contributed by atoms with Crippen LogP contribution in [-0.2, 0) is 0 Å². The lowest BCUT2D eigenvalue weighted by Gasteiger charge is -2.08. The lowest BCUT2D eigenvalue weighted by atomic mass is 10.1. The van der Waals surface area contributed by atoms with Crippen LogP contribution in [0.2, 0.25) is 5.15 Å². The summed E-state index contributed by atoms with van der Waals surface area (Å²) in [6.07, 6.45) is 0.296. The third kappa shape index (κ3) is 1.72. The number of aromatic nitrogens is 1. The monoisotopic (exact) mass is 190 g/mol. The second kappa shape index (κ2) is 3.80. The molecule has 3 nitrogen and oxygen atoms in total. The van der Waals surface area contributed by atoms with Gasteiger partial charge in [0.15, 0.2) is 11.0 Å². The van der Waals surface area contributed by atoms with Crippen molar-refractivity contribution in [2.75, 3.05) is 6.54 Å². The van der Waals surface area contributed by atoms with Gasteiger partial charge in [0.1, 0.15) is 0 Å². The molecule has 0 spiro atoms. The van der Waals surface area contributed by atoms with Crippen LogP contribution >= 0.6 is 11.6 Å². The zero-order chi connectivity index (χ0) is 9.14. The quantitative estimate of drug-likeness (QED) is 0.681. The van der Waals surface area contributed by atoms with Crippen LogP contribution in [0.4, 0.5) is 4.39 Å².